The first kappa shape index (κ1) is 14.1. The van der Waals surface area contributed by atoms with Crippen molar-refractivity contribution in [3.63, 3.8) is 0 Å². The molecule has 1 aromatic carbocycles. The fourth-order valence-electron chi connectivity index (χ4n) is 1.61. The van der Waals surface area contributed by atoms with E-state index in [1.165, 1.54) is 24.4 Å². The number of aldehydes is 1. The lowest BCUT2D eigenvalue weighted by molar-refractivity contribution is -0.384. The summed E-state index contributed by atoms with van der Waals surface area (Å²) in [6, 6.07) is 6.09. The number of carbonyl (C=O) groups excluding carboxylic acids is 2. The molecule has 21 heavy (non-hydrogen) atoms. The number of hydrogen-bond donors (Lipinski definition) is 2. The summed E-state index contributed by atoms with van der Waals surface area (Å²) in [5, 5.41) is 22.6. The number of nitro benzene ring substituents is 1. The number of aromatic hydroxyl groups is 1. The second-order valence-corrected chi connectivity index (χ2v) is 4.01. The molecular weight excluding hydrogens is 278 g/mol. The molecule has 0 atom stereocenters. The number of benzene rings is 1. The van der Waals surface area contributed by atoms with Gasteiger partial charge in [-0.25, -0.2) is 4.98 Å². The highest BCUT2D eigenvalue weighted by Crippen LogP contribution is 2.21. The Bertz CT molecular complexity index is 729. The topological polar surface area (TPSA) is 122 Å². The van der Waals surface area contributed by atoms with Gasteiger partial charge in [0.1, 0.15) is 6.29 Å². The van der Waals surface area contributed by atoms with Gasteiger partial charge in [-0.2, -0.15) is 0 Å². The molecule has 8 nitrogen and oxygen atoms in total. The third-order valence-electron chi connectivity index (χ3n) is 2.57. The van der Waals surface area contributed by atoms with E-state index in [0.717, 1.165) is 12.1 Å². The molecule has 2 N–H and O–H groups in total. The van der Waals surface area contributed by atoms with Crippen LogP contribution in [-0.4, -0.2) is 27.2 Å². The van der Waals surface area contributed by atoms with Crippen LogP contribution in [0.1, 0.15) is 20.7 Å². The highest BCUT2D eigenvalue weighted by Gasteiger charge is 2.15. The van der Waals surface area contributed by atoms with Crippen molar-refractivity contribution in [3.8, 4) is 5.75 Å². The molecule has 0 bridgehead atoms. The van der Waals surface area contributed by atoms with Gasteiger partial charge < -0.3 is 10.4 Å². The monoisotopic (exact) mass is 287 g/mol. The lowest BCUT2D eigenvalue weighted by Crippen LogP contribution is -2.13. The van der Waals surface area contributed by atoms with Crippen LogP contribution in [0.4, 0.5) is 11.5 Å². The summed E-state index contributed by atoms with van der Waals surface area (Å²) in [5.41, 5.74) is -0.467. The normalized spacial score (nSPS) is 9.90. The molecule has 8 heteroatoms. The molecule has 0 radical (unpaired) electrons. The molecule has 0 aliphatic heterocycles. The van der Waals surface area contributed by atoms with Crippen molar-refractivity contribution in [1.29, 1.82) is 0 Å². The molecule has 0 aliphatic carbocycles. The first-order valence-electron chi connectivity index (χ1n) is 5.71. The van der Waals surface area contributed by atoms with E-state index in [2.05, 4.69) is 10.3 Å². The third-order valence-corrected chi connectivity index (χ3v) is 2.57. The van der Waals surface area contributed by atoms with E-state index in [-0.39, 0.29) is 28.4 Å². The number of non-ortho nitro benzene ring substituents is 1. The Hall–Kier alpha value is -3.29. The number of aromatic nitrogens is 1. The van der Waals surface area contributed by atoms with Crippen LogP contribution >= 0.6 is 0 Å². The lowest BCUT2D eigenvalue weighted by Gasteiger charge is -2.06. The number of hydrogen-bond acceptors (Lipinski definition) is 6. The van der Waals surface area contributed by atoms with Crippen molar-refractivity contribution in [1.82, 2.24) is 4.98 Å². The Morgan fingerprint density at radius 3 is 2.76 bits per heavy atom. The number of carbonyl (C=O) groups is 2. The number of nitrogens with zero attached hydrogens (tertiary/aromatic N) is 2. The van der Waals surface area contributed by atoms with Crippen LogP contribution in [0.3, 0.4) is 0 Å². The molecule has 2 rings (SSSR count). The van der Waals surface area contributed by atoms with E-state index < -0.39 is 10.8 Å². The summed E-state index contributed by atoms with van der Waals surface area (Å²) < 4.78 is 0. The Kier molecular flexibility index (Phi) is 3.89. The molecule has 1 amide bonds. The Morgan fingerprint density at radius 2 is 2.14 bits per heavy atom. The van der Waals surface area contributed by atoms with Crippen LogP contribution in [0.25, 0.3) is 0 Å². The van der Waals surface area contributed by atoms with Crippen LogP contribution in [0.5, 0.6) is 5.75 Å². The van der Waals surface area contributed by atoms with Crippen LogP contribution in [0.2, 0.25) is 0 Å². The highest BCUT2D eigenvalue weighted by atomic mass is 16.6. The van der Waals surface area contributed by atoms with Gasteiger partial charge in [0.25, 0.3) is 11.6 Å². The zero-order chi connectivity index (χ0) is 15.4. The van der Waals surface area contributed by atoms with Gasteiger partial charge in [-0.05, 0) is 18.2 Å². The summed E-state index contributed by atoms with van der Waals surface area (Å²) >= 11 is 0. The number of nitro groups is 1. The van der Waals surface area contributed by atoms with Gasteiger partial charge in [-0.3, -0.25) is 19.7 Å². The number of pyridine rings is 1. The molecule has 0 unspecified atom stereocenters. The van der Waals surface area contributed by atoms with Crippen molar-refractivity contribution in [2.75, 3.05) is 5.32 Å². The van der Waals surface area contributed by atoms with Gasteiger partial charge in [-0.15, -0.1) is 0 Å². The van der Waals surface area contributed by atoms with E-state index in [9.17, 15) is 24.8 Å². The maximum Gasteiger partial charge on any atom is 0.270 e. The molecule has 106 valence electrons. The SMILES string of the molecule is O=Cc1cc(C(=O)Nc2ncccc2O)cc([N+](=O)[O-])c1. The van der Waals surface area contributed by atoms with Crippen LogP contribution < -0.4 is 5.32 Å². The van der Waals surface area contributed by atoms with Gasteiger partial charge in [0.15, 0.2) is 11.6 Å². The average molecular weight is 287 g/mol. The molecule has 0 spiro atoms. The van der Waals surface area contributed by atoms with Crippen molar-refractivity contribution in [2.24, 2.45) is 0 Å². The maximum absolute atomic E-state index is 12.0. The quantitative estimate of drug-likeness (QED) is 0.502. The van der Waals surface area contributed by atoms with Crippen molar-refractivity contribution < 1.29 is 19.6 Å². The summed E-state index contributed by atoms with van der Waals surface area (Å²) in [4.78, 5) is 36.6. The Balaban J connectivity index is 2.35. The van der Waals surface area contributed by atoms with E-state index >= 15 is 0 Å². The predicted octanol–water partition coefficient (Wildman–Crippen LogP) is 1.76. The van der Waals surface area contributed by atoms with Gasteiger partial charge in [0, 0.05) is 29.5 Å². The number of amides is 1. The van der Waals surface area contributed by atoms with Gasteiger partial charge in [0.2, 0.25) is 0 Å². The largest absolute Gasteiger partial charge is 0.504 e. The van der Waals surface area contributed by atoms with Crippen molar-refractivity contribution >= 4 is 23.7 Å². The minimum Gasteiger partial charge on any atom is -0.504 e. The maximum atomic E-state index is 12.0. The smallest absolute Gasteiger partial charge is 0.270 e. The van der Waals surface area contributed by atoms with Gasteiger partial charge in [-0.1, -0.05) is 0 Å². The first-order valence-corrected chi connectivity index (χ1v) is 5.71. The molecule has 1 heterocycles. The van der Waals surface area contributed by atoms with E-state index in [0.29, 0.717) is 6.29 Å². The number of nitrogens with one attached hydrogen (secondary N) is 1. The van der Waals surface area contributed by atoms with Crippen LogP contribution in [0.15, 0.2) is 36.5 Å². The zero-order valence-corrected chi connectivity index (χ0v) is 10.5. The zero-order valence-electron chi connectivity index (χ0n) is 10.5. The van der Waals surface area contributed by atoms with Crippen molar-refractivity contribution in [3.05, 3.63) is 57.8 Å². The van der Waals surface area contributed by atoms with Gasteiger partial charge in [0.05, 0.1) is 4.92 Å². The molecule has 0 aliphatic rings. The van der Waals surface area contributed by atoms with E-state index in [1.807, 2.05) is 0 Å². The lowest BCUT2D eigenvalue weighted by atomic mass is 10.1. The summed E-state index contributed by atoms with van der Waals surface area (Å²) in [6.07, 6.45) is 1.77. The molecule has 1 aromatic heterocycles. The van der Waals surface area contributed by atoms with Crippen LogP contribution in [0, 0.1) is 10.1 Å². The molecular formula is C13H9N3O5. The molecule has 2 aromatic rings. The minimum atomic E-state index is -0.726. The van der Waals surface area contributed by atoms with Crippen molar-refractivity contribution in [2.45, 2.75) is 0 Å². The van der Waals surface area contributed by atoms with Gasteiger partial charge >= 0.3 is 0 Å². The standard InChI is InChI=1S/C13H9N3O5/c17-7-8-4-9(6-10(5-8)16(20)21)13(19)15-12-11(18)2-1-3-14-12/h1-7,18H,(H,14,15,19). The third kappa shape index (κ3) is 3.18. The molecule has 0 saturated carbocycles. The second-order valence-electron chi connectivity index (χ2n) is 4.01. The fourth-order valence-corrected chi connectivity index (χ4v) is 1.61. The van der Waals surface area contributed by atoms with Crippen LogP contribution in [-0.2, 0) is 0 Å². The number of anilines is 1. The molecule has 0 fully saturated rings. The van der Waals surface area contributed by atoms with E-state index in [4.69, 9.17) is 0 Å². The Labute approximate surface area is 118 Å². The van der Waals surface area contributed by atoms with E-state index in [1.54, 1.807) is 0 Å². The highest BCUT2D eigenvalue weighted by molar-refractivity contribution is 6.05. The molecule has 0 saturated heterocycles. The summed E-state index contributed by atoms with van der Waals surface area (Å²) in [7, 11) is 0. The average Bonchev–Trinajstić information content (AvgIpc) is 2.49. The minimum absolute atomic E-state index is 0.000377. The fraction of sp³-hybridized carbons (Fsp3) is 0. The summed E-state index contributed by atoms with van der Waals surface area (Å²) in [6.45, 7) is 0. The Morgan fingerprint density at radius 1 is 1.38 bits per heavy atom. The number of rotatable bonds is 4. The second kappa shape index (κ2) is 5.78. The summed E-state index contributed by atoms with van der Waals surface area (Å²) in [5.74, 6) is -1.05. The first-order chi connectivity index (χ1) is 10.0. The predicted molar refractivity (Wildman–Crippen MR) is 72.3 cm³/mol.